The van der Waals surface area contributed by atoms with E-state index in [0.29, 0.717) is 13.4 Å². The van der Waals surface area contributed by atoms with Crippen LogP contribution in [0, 0.1) is 0 Å². The number of aromatic amines is 1. The Kier molecular flexibility index (Phi) is 1.53. The number of H-pyrrole nitrogens is 1. The minimum absolute atomic E-state index is 0.493. The summed E-state index contributed by atoms with van der Waals surface area (Å²) < 4.78 is 4.48. The average molecular weight is 111 g/mol. The molecule has 0 unspecified atom stereocenters. The number of aromatic nitrogens is 2. The molecule has 41 valence electrons. The normalized spacial score (nSPS) is 8.62. The van der Waals surface area contributed by atoms with E-state index in [4.69, 9.17) is 5.02 Å². The Balaban J connectivity index is 2.50. The highest BCUT2D eigenvalue weighted by molar-refractivity contribution is 6.17. The second kappa shape index (κ2) is 2.37. The summed E-state index contributed by atoms with van der Waals surface area (Å²) >= 11 is 0. The third-order valence-corrected chi connectivity index (χ3v) is 0.662. The molecule has 0 saturated heterocycles. The van der Waals surface area contributed by atoms with Gasteiger partial charge in [-0.25, -0.2) is 0 Å². The number of rotatable bonds is 2. The second-order valence-corrected chi connectivity index (χ2v) is 1.16. The van der Waals surface area contributed by atoms with Crippen LogP contribution in [0.15, 0.2) is 12.4 Å². The summed E-state index contributed by atoms with van der Waals surface area (Å²) in [6, 6.07) is 0. The molecule has 4 nitrogen and oxygen atoms in total. The van der Waals surface area contributed by atoms with Crippen LogP contribution < -0.4 is 4.65 Å². The standard InChI is InChI=1S/C3H4BN2O2/c7-4-8-3-1-5-6-2-3/h1-2,7H,(H,5,6). The van der Waals surface area contributed by atoms with Crippen molar-refractivity contribution >= 4 is 7.69 Å². The van der Waals surface area contributed by atoms with E-state index >= 15 is 0 Å². The number of hydrogen-bond acceptors (Lipinski definition) is 3. The summed E-state index contributed by atoms with van der Waals surface area (Å²) in [5, 5.41) is 14.1. The van der Waals surface area contributed by atoms with Crippen LogP contribution in [0.3, 0.4) is 0 Å². The predicted octanol–water partition coefficient (Wildman–Crippen LogP) is -0.685. The highest BCUT2D eigenvalue weighted by Gasteiger charge is 1.91. The molecule has 0 bridgehead atoms. The van der Waals surface area contributed by atoms with Gasteiger partial charge in [-0.05, 0) is 0 Å². The molecular weight excluding hydrogens is 107 g/mol. The van der Waals surface area contributed by atoms with Gasteiger partial charge in [0.15, 0.2) is 0 Å². The maximum atomic E-state index is 8.05. The van der Waals surface area contributed by atoms with Gasteiger partial charge in [0.25, 0.3) is 0 Å². The molecule has 1 heterocycles. The second-order valence-electron chi connectivity index (χ2n) is 1.16. The zero-order valence-electron chi connectivity index (χ0n) is 4.03. The van der Waals surface area contributed by atoms with E-state index in [1.165, 1.54) is 12.4 Å². The van der Waals surface area contributed by atoms with E-state index in [-0.39, 0.29) is 0 Å². The molecule has 2 N–H and O–H groups in total. The molecule has 5 heteroatoms. The van der Waals surface area contributed by atoms with Gasteiger partial charge in [0.1, 0.15) is 5.75 Å². The molecule has 1 aromatic heterocycles. The highest BCUT2D eigenvalue weighted by atomic mass is 16.5. The minimum atomic E-state index is 0.493. The zero-order chi connectivity index (χ0) is 5.82. The van der Waals surface area contributed by atoms with Crippen LogP contribution in [0.5, 0.6) is 5.75 Å². The van der Waals surface area contributed by atoms with Gasteiger partial charge in [0.05, 0.1) is 12.4 Å². The van der Waals surface area contributed by atoms with Gasteiger partial charge >= 0.3 is 7.69 Å². The van der Waals surface area contributed by atoms with E-state index in [9.17, 15) is 0 Å². The van der Waals surface area contributed by atoms with E-state index in [1.54, 1.807) is 0 Å². The number of nitrogens with zero attached hydrogens (tertiary/aromatic N) is 1. The summed E-state index contributed by atoms with van der Waals surface area (Å²) in [6.45, 7) is 0. The first-order chi connectivity index (χ1) is 3.93. The average Bonchev–Trinajstić information content (AvgIpc) is 2.19. The summed E-state index contributed by atoms with van der Waals surface area (Å²) in [5.74, 6) is 0.493. The fourth-order valence-corrected chi connectivity index (χ4v) is 0.364. The smallest absolute Gasteiger partial charge is 0.535 e. The first-order valence-electron chi connectivity index (χ1n) is 2.05. The molecule has 0 amide bonds. The van der Waals surface area contributed by atoms with Crippen LogP contribution in [-0.4, -0.2) is 22.9 Å². The monoisotopic (exact) mass is 111 g/mol. The van der Waals surface area contributed by atoms with E-state index < -0.39 is 0 Å². The van der Waals surface area contributed by atoms with Crippen molar-refractivity contribution in [3.05, 3.63) is 12.4 Å². The van der Waals surface area contributed by atoms with Gasteiger partial charge in [0.2, 0.25) is 0 Å². The van der Waals surface area contributed by atoms with Gasteiger partial charge < -0.3 is 9.68 Å². The van der Waals surface area contributed by atoms with Crippen molar-refractivity contribution in [3.63, 3.8) is 0 Å². The largest absolute Gasteiger partial charge is 0.569 e. The Labute approximate surface area is 46.8 Å². The fraction of sp³-hybridized carbons (Fsp3) is 0. The molecule has 0 atom stereocenters. The Morgan fingerprint density at radius 1 is 1.88 bits per heavy atom. The summed E-state index contributed by atoms with van der Waals surface area (Å²) in [4.78, 5) is 0. The Hall–Kier alpha value is -0.965. The molecular formula is C3H4BN2O2. The molecule has 0 fully saturated rings. The summed E-state index contributed by atoms with van der Waals surface area (Å²) in [5.41, 5.74) is 0. The summed E-state index contributed by atoms with van der Waals surface area (Å²) in [7, 11) is 0.602. The van der Waals surface area contributed by atoms with Crippen molar-refractivity contribution < 1.29 is 9.68 Å². The molecule has 0 spiro atoms. The van der Waals surface area contributed by atoms with Crippen molar-refractivity contribution in [2.24, 2.45) is 0 Å². The van der Waals surface area contributed by atoms with Crippen molar-refractivity contribution in [2.45, 2.75) is 0 Å². The van der Waals surface area contributed by atoms with Crippen LogP contribution in [0.2, 0.25) is 0 Å². The molecule has 0 aromatic carbocycles. The number of nitrogens with one attached hydrogen (secondary N) is 1. The molecule has 0 aliphatic carbocycles. The molecule has 0 aliphatic heterocycles. The molecule has 0 saturated carbocycles. The number of hydrogen-bond donors (Lipinski definition) is 2. The fourth-order valence-electron chi connectivity index (χ4n) is 0.364. The van der Waals surface area contributed by atoms with E-state index in [1.807, 2.05) is 0 Å². The van der Waals surface area contributed by atoms with Crippen LogP contribution in [-0.2, 0) is 0 Å². The maximum absolute atomic E-state index is 8.05. The van der Waals surface area contributed by atoms with Crippen LogP contribution >= 0.6 is 0 Å². The molecule has 1 radical (unpaired) electrons. The van der Waals surface area contributed by atoms with Crippen LogP contribution in [0.1, 0.15) is 0 Å². The van der Waals surface area contributed by atoms with E-state index in [2.05, 4.69) is 14.9 Å². The topological polar surface area (TPSA) is 58.1 Å². The first-order valence-corrected chi connectivity index (χ1v) is 2.05. The van der Waals surface area contributed by atoms with Gasteiger partial charge in [0, 0.05) is 0 Å². The summed E-state index contributed by atoms with van der Waals surface area (Å²) in [6.07, 6.45) is 2.97. The SMILES string of the molecule is O[B]Oc1cn[nH]c1. The lowest BCUT2D eigenvalue weighted by Crippen LogP contribution is -1.97. The molecule has 1 aromatic rings. The lowest BCUT2D eigenvalue weighted by Gasteiger charge is -1.89. The maximum Gasteiger partial charge on any atom is 0.569 e. The van der Waals surface area contributed by atoms with Crippen LogP contribution in [0.4, 0.5) is 0 Å². The Morgan fingerprint density at radius 3 is 3.25 bits per heavy atom. The van der Waals surface area contributed by atoms with Crippen LogP contribution in [0.25, 0.3) is 0 Å². The molecule has 1 rings (SSSR count). The van der Waals surface area contributed by atoms with Crippen molar-refractivity contribution in [1.82, 2.24) is 10.2 Å². The molecule has 8 heavy (non-hydrogen) atoms. The lowest BCUT2D eigenvalue weighted by molar-refractivity contribution is 0.454. The van der Waals surface area contributed by atoms with Crippen molar-refractivity contribution in [1.29, 1.82) is 0 Å². The quantitative estimate of drug-likeness (QED) is 0.496. The minimum Gasteiger partial charge on any atom is -0.535 e. The predicted molar refractivity (Wildman–Crippen MR) is 27.2 cm³/mol. The first kappa shape index (κ1) is 5.18. The third-order valence-electron chi connectivity index (χ3n) is 0.662. The van der Waals surface area contributed by atoms with Crippen molar-refractivity contribution in [3.8, 4) is 5.75 Å². The Bertz CT molecular complexity index is 141. The van der Waals surface area contributed by atoms with Gasteiger partial charge in [-0.15, -0.1) is 0 Å². The molecule has 0 aliphatic rings. The van der Waals surface area contributed by atoms with Gasteiger partial charge in [-0.3, -0.25) is 5.10 Å². The Morgan fingerprint density at radius 2 is 2.75 bits per heavy atom. The van der Waals surface area contributed by atoms with Crippen molar-refractivity contribution in [2.75, 3.05) is 0 Å². The van der Waals surface area contributed by atoms with Gasteiger partial charge in [-0.2, -0.15) is 5.10 Å². The zero-order valence-corrected chi connectivity index (χ0v) is 4.03. The lowest BCUT2D eigenvalue weighted by atomic mass is 10.4. The van der Waals surface area contributed by atoms with Gasteiger partial charge in [-0.1, -0.05) is 0 Å². The third kappa shape index (κ3) is 1.00. The highest BCUT2D eigenvalue weighted by Crippen LogP contribution is 2.01. The van der Waals surface area contributed by atoms with E-state index in [0.717, 1.165) is 0 Å².